The van der Waals surface area contributed by atoms with Crippen molar-refractivity contribution in [3.05, 3.63) is 0 Å². The zero-order valence-corrected chi connectivity index (χ0v) is 19.5. The van der Waals surface area contributed by atoms with E-state index in [4.69, 9.17) is 16.3 Å². The standard InChI is InChI=1S/C24H34ClFO5/c1-4-20(30)31-23(19(29)13-25)10-8-16-17-6-5-14-11-15(27)7-9-21(14,2)24(17,26)18(28)12-22(16,23)3/h14,16-18,28H,4-13H2,1-3H3/t14-,16+,17+,18+,21+,22+,23+,24+/m1/s1. The van der Waals surface area contributed by atoms with Gasteiger partial charge in [-0.2, -0.15) is 0 Å². The molecule has 0 aromatic heterocycles. The second kappa shape index (κ2) is 7.51. The van der Waals surface area contributed by atoms with Crippen molar-refractivity contribution in [2.75, 3.05) is 5.88 Å². The highest BCUT2D eigenvalue weighted by molar-refractivity contribution is 6.29. The Bertz CT molecular complexity index is 803. The van der Waals surface area contributed by atoms with E-state index in [9.17, 15) is 19.5 Å². The number of hydrogen-bond acceptors (Lipinski definition) is 5. The van der Waals surface area contributed by atoms with E-state index >= 15 is 4.39 Å². The van der Waals surface area contributed by atoms with Crippen molar-refractivity contribution in [1.82, 2.24) is 0 Å². The molecule has 0 radical (unpaired) electrons. The van der Waals surface area contributed by atoms with Gasteiger partial charge in [0.1, 0.15) is 11.5 Å². The minimum atomic E-state index is -1.82. The zero-order chi connectivity index (χ0) is 22.8. The lowest BCUT2D eigenvalue weighted by atomic mass is 9.42. The van der Waals surface area contributed by atoms with Crippen LogP contribution in [0.25, 0.3) is 0 Å². The summed E-state index contributed by atoms with van der Waals surface area (Å²) in [5, 5.41) is 11.4. The number of hydrogen-bond donors (Lipinski definition) is 1. The lowest BCUT2D eigenvalue weighted by Crippen LogP contribution is -2.71. The summed E-state index contributed by atoms with van der Waals surface area (Å²) in [6.07, 6.45) is 2.22. The third-order valence-corrected chi connectivity index (χ3v) is 10.1. The Labute approximate surface area is 188 Å². The first-order chi connectivity index (χ1) is 14.5. The van der Waals surface area contributed by atoms with E-state index in [1.54, 1.807) is 6.92 Å². The van der Waals surface area contributed by atoms with Gasteiger partial charge in [-0.05, 0) is 56.3 Å². The molecule has 4 aliphatic carbocycles. The molecule has 0 aliphatic heterocycles. The molecule has 0 saturated heterocycles. The minimum Gasteiger partial charge on any atom is -0.450 e. The van der Waals surface area contributed by atoms with Gasteiger partial charge in [0.15, 0.2) is 11.4 Å². The SMILES string of the molecule is CCC(=O)O[C@]1(C(=O)CCl)CC[C@H]2[C@@H]3CC[C@@H]4CC(=O)CC[C@]4(C)[C@@]3(F)[C@@H](O)C[C@@]21C. The predicted molar refractivity (Wildman–Crippen MR) is 113 cm³/mol. The van der Waals surface area contributed by atoms with Gasteiger partial charge in [-0.1, -0.05) is 20.8 Å². The average molecular weight is 457 g/mol. The largest absolute Gasteiger partial charge is 0.450 e. The zero-order valence-electron chi connectivity index (χ0n) is 18.7. The van der Waals surface area contributed by atoms with E-state index < -0.39 is 40.1 Å². The third-order valence-electron chi connectivity index (χ3n) is 9.82. The summed E-state index contributed by atoms with van der Waals surface area (Å²) >= 11 is 5.96. The van der Waals surface area contributed by atoms with Crippen LogP contribution >= 0.6 is 11.6 Å². The number of aliphatic hydroxyl groups excluding tert-OH is 1. The summed E-state index contributed by atoms with van der Waals surface area (Å²) in [6, 6.07) is 0. The number of esters is 1. The van der Waals surface area contributed by atoms with Gasteiger partial charge in [0.2, 0.25) is 0 Å². The normalized spacial score (nSPS) is 49.0. The molecule has 4 saturated carbocycles. The molecule has 4 rings (SSSR count). The van der Waals surface area contributed by atoms with Gasteiger partial charge < -0.3 is 9.84 Å². The summed E-state index contributed by atoms with van der Waals surface area (Å²) in [5.74, 6) is -1.66. The van der Waals surface area contributed by atoms with Crippen LogP contribution in [0.4, 0.5) is 4.39 Å². The number of ketones is 2. The van der Waals surface area contributed by atoms with Gasteiger partial charge in [0.25, 0.3) is 0 Å². The number of Topliss-reactive ketones (excluding diaryl/α,β-unsaturated/α-hetero) is 2. The molecular formula is C24H34ClFO5. The fourth-order valence-corrected chi connectivity index (χ4v) is 8.31. The number of fused-ring (bicyclic) bond motifs is 5. The predicted octanol–water partition coefficient (Wildman–Crippen LogP) is 4.16. The number of ether oxygens (including phenoxy) is 1. The second-order valence-corrected chi connectivity index (χ2v) is 11.1. The van der Waals surface area contributed by atoms with Crippen LogP contribution < -0.4 is 0 Å². The topological polar surface area (TPSA) is 80.7 Å². The van der Waals surface area contributed by atoms with E-state index in [-0.39, 0.29) is 42.1 Å². The van der Waals surface area contributed by atoms with Gasteiger partial charge in [0, 0.05) is 30.1 Å². The van der Waals surface area contributed by atoms with Crippen molar-refractivity contribution in [3.8, 4) is 0 Å². The number of aliphatic hydroxyl groups is 1. The molecule has 0 amide bonds. The molecule has 8 atom stereocenters. The van der Waals surface area contributed by atoms with E-state index in [0.717, 1.165) is 6.42 Å². The van der Waals surface area contributed by atoms with Crippen molar-refractivity contribution >= 4 is 29.1 Å². The van der Waals surface area contributed by atoms with Crippen LogP contribution in [0.1, 0.15) is 78.6 Å². The molecule has 4 fully saturated rings. The molecule has 0 bridgehead atoms. The third kappa shape index (κ3) is 2.86. The lowest BCUT2D eigenvalue weighted by Gasteiger charge is -2.65. The summed E-state index contributed by atoms with van der Waals surface area (Å²) in [6.45, 7) is 5.45. The van der Waals surface area contributed by atoms with E-state index in [0.29, 0.717) is 38.5 Å². The summed E-state index contributed by atoms with van der Waals surface area (Å²) in [5.41, 5.74) is -4.89. The highest BCUT2D eigenvalue weighted by Gasteiger charge is 2.76. The fraction of sp³-hybridized carbons (Fsp3) is 0.875. The summed E-state index contributed by atoms with van der Waals surface area (Å²) in [4.78, 5) is 37.5. The Kier molecular flexibility index (Phi) is 5.61. The molecule has 7 heteroatoms. The molecule has 0 aromatic rings. The monoisotopic (exact) mass is 456 g/mol. The molecule has 1 N–H and O–H groups in total. The fourth-order valence-electron chi connectivity index (χ4n) is 8.10. The van der Waals surface area contributed by atoms with Crippen molar-refractivity contribution < 1.29 is 28.6 Å². The molecule has 31 heavy (non-hydrogen) atoms. The Morgan fingerprint density at radius 2 is 1.87 bits per heavy atom. The van der Waals surface area contributed by atoms with Crippen LogP contribution in [0.5, 0.6) is 0 Å². The van der Waals surface area contributed by atoms with Crippen LogP contribution in [0.2, 0.25) is 0 Å². The van der Waals surface area contributed by atoms with E-state index in [1.165, 1.54) is 0 Å². The molecule has 174 valence electrons. The van der Waals surface area contributed by atoms with Crippen LogP contribution in [0.3, 0.4) is 0 Å². The molecule has 0 unspecified atom stereocenters. The Hall–Kier alpha value is -1.01. The molecule has 5 nitrogen and oxygen atoms in total. The summed E-state index contributed by atoms with van der Waals surface area (Å²) in [7, 11) is 0. The molecule has 0 heterocycles. The van der Waals surface area contributed by atoms with Crippen LogP contribution in [0.15, 0.2) is 0 Å². The van der Waals surface area contributed by atoms with Gasteiger partial charge in [-0.25, -0.2) is 4.39 Å². The number of alkyl halides is 2. The van der Waals surface area contributed by atoms with Gasteiger partial charge in [-0.3, -0.25) is 14.4 Å². The van der Waals surface area contributed by atoms with Gasteiger partial charge >= 0.3 is 5.97 Å². The molecule has 0 aromatic carbocycles. The Morgan fingerprint density at radius 3 is 2.52 bits per heavy atom. The average Bonchev–Trinajstić information content (AvgIpc) is 3.01. The first-order valence-corrected chi connectivity index (χ1v) is 12.2. The number of rotatable bonds is 4. The van der Waals surface area contributed by atoms with Crippen LogP contribution in [-0.2, 0) is 19.1 Å². The smallest absolute Gasteiger partial charge is 0.306 e. The quantitative estimate of drug-likeness (QED) is 0.507. The first kappa shape index (κ1) is 23.2. The van der Waals surface area contributed by atoms with E-state index in [1.807, 2.05) is 13.8 Å². The molecule has 0 spiro atoms. The first-order valence-electron chi connectivity index (χ1n) is 11.7. The minimum absolute atomic E-state index is 0.0422. The number of halogens is 2. The lowest BCUT2D eigenvalue weighted by molar-refractivity contribution is -0.256. The van der Waals surface area contributed by atoms with Gasteiger partial charge in [0.05, 0.1) is 12.0 Å². The van der Waals surface area contributed by atoms with Crippen LogP contribution in [0, 0.1) is 28.6 Å². The number of carbonyl (C=O) groups is 3. The molecular weight excluding hydrogens is 423 g/mol. The second-order valence-electron chi connectivity index (χ2n) is 10.8. The Morgan fingerprint density at radius 1 is 1.16 bits per heavy atom. The highest BCUT2D eigenvalue weighted by atomic mass is 35.5. The van der Waals surface area contributed by atoms with Crippen LogP contribution in [-0.4, -0.2) is 45.9 Å². The number of carbonyl (C=O) groups excluding carboxylic acids is 3. The maximum absolute atomic E-state index is 17.1. The van der Waals surface area contributed by atoms with Gasteiger partial charge in [-0.15, -0.1) is 11.6 Å². The van der Waals surface area contributed by atoms with Crippen molar-refractivity contribution in [3.63, 3.8) is 0 Å². The molecule has 4 aliphatic rings. The van der Waals surface area contributed by atoms with Crippen molar-refractivity contribution in [1.29, 1.82) is 0 Å². The Balaban J connectivity index is 1.77. The van der Waals surface area contributed by atoms with Crippen molar-refractivity contribution in [2.24, 2.45) is 28.6 Å². The maximum Gasteiger partial charge on any atom is 0.306 e. The summed E-state index contributed by atoms with van der Waals surface area (Å²) < 4.78 is 23.0. The van der Waals surface area contributed by atoms with Crippen molar-refractivity contribution in [2.45, 2.75) is 95.9 Å². The highest BCUT2D eigenvalue weighted by Crippen LogP contribution is 2.71. The maximum atomic E-state index is 17.1. The van der Waals surface area contributed by atoms with E-state index in [2.05, 4.69) is 0 Å².